The number of halogens is 1. The molecule has 2 aromatic heterocycles. The Balaban J connectivity index is 2.37. The zero-order valence-corrected chi connectivity index (χ0v) is 11.8. The number of rotatable bonds is 4. The van der Waals surface area contributed by atoms with Crippen LogP contribution in [0.25, 0.3) is 11.5 Å². The van der Waals surface area contributed by atoms with Gasteiger partial charge in [-0.25, -0.2) is 4.98 Å². The van der Waals surface area contributed by atoms with Crippen molar-refractivity contribution in [1.82, 2.24) is 14.9 Å². The molecule has 0 saturated carbocycles. The van der Waals surface area contributed by atoms with E-state index in [1.807, 2.05) is 33.2 Å². The monoisotopic (exact) mass is 297 g/mol. The first-order valence-corrected chi connectivity index (χ1v) is 6.35. The largest absolute Gasteiger partial charge is 0.460 e. The van der Waals surface area contributed by atoms with Gasteiger partial charge in [0.2, 0.25) is 0 Å². The third-order valence-electron chi connectivity index (χ3n) is 2.72. The van der Waals surface area contributed by atoms with E-state index in [1.54, 1.807) is 0 Å². The molecular weight excluding hydrogens is 282 g/mol. The second-order valence-electron chi connectivity index (χ2n) is 3.99. The maximum absolute atomic E-state index is 5.64. The van der Waals surface area contributed by atoms with Gasteiger partial charge in [0.15, 0.2) is 5.76 Å². The van der Waals surface area contributed by atoms with E-state index in [9.17, 15) is 0 Å². The molecule has 2 rings (SSSR count). The standard InChI is InChI=1S/C12H16BrN3O/c1-8-4-5-9(17-8)11-12(13)15-10(16(11)3)6-7-14-2/h4-5,14H,6-7H2,1-3H3. The van der Waals surface area contributed by atoms with E-state index < -0.39 is 0 Å². The van der Waals surface area contributed by atoms with Crippen LogP contribution in [0.4, 0.5) is 0 Å². The highest BCUT2D eigenvalue weighted by atomic mass is 79.9. The fourth-order valence-corrected chi connectivity index (χ4v) is 2.46. The Morgan fingerprint density at radius 1 is 1.47 bits per heavy atom. The third-order valence-corrected chi connectivity index (χ3v) is 3.27. The molecule has 5 heteroatoms. The molecular formula is C12H16BrN3O. The Labute approximate surface area is 109 Å². The van der Waals surface area contributed by atoms with E-state index in [2.05, 4.69) is 30.8 Å². The summed E-state index contributed by atoms with van der Waals surface area (Å²) in [6.07, 6.45) is 0.894. The molecule has 0 atom stereocenters. The van der Waals surface area contributed by atoms with Crippen LogP contribution in [0.2, 0.25) is 0 Å². The first-order chi connectivity index (χ1) is 8.13. The highest BCUT2D eigenvalue weighted by molar-refractivity contribution is 9.10. The minimum absolute atomic E-state index is 0.834. The van der Waals surface area contributed by atoms with Crippen molar-refractivity contribution in [2.24, 2.45) is 7.05 Å². The Morgan fingerprint density at radius 2 is 2.24 bits per heavy atom. The second kappa shape index (κ2) is 5.06. The number of likely N-dealkylation sites (N-methyl/N-ethyl adjacent to an activating group) is 1. The summed E-state index contributed by atoms with van der Waals surface area (Å²) in [5, 5.41) is 3.12. The van der Waals surface area contributed by atoms with E-state index in [1.165, 1.54) is 0 Å². The molecule has 1 N–H and O–H groups in total. The molecule has 0 amide bonds. The van der Waals surface area contributed by atoms with E-state index in [0.717, 1.165) is 40.6 Å². The van der Waals surface area contributed by atoms with Crippen molar-refractivity contribution in [2.75, 3.05) is 13.6 Å². The van der Waals surface area contributed by atoms with Gasteiger partial charge in [0.05, 0.1) is 0 Å². The van der Waals surface area contributed by atoms with Gasteiger partial charge in [-0.3, -0.25) is 0 Å². The summed E-state index contributed by atoms with van der Waals surface area (Å²) in [4.78, 5) is 4.51. The van der Waals surface area contributed by atoms with Crippen molar-refractivity contribution in [1.29, 1.82) is 0 Å². The minimum atomic E-state index is 0.834. The number of aryl methyl sites for hydroxylation is 1. The molecule has 0 radical (unpaired) electrons. The Hall–Kier alpha value is -1.07. The van der Waals surface area contributed by atoms with Gasteiger partial charge in [0.25, 0.3) is 0 Å². The molecule has 2 heterocycles. The van der Waals surface area contributed by atoms with Crippen LogP contribution in [0, 0.1) is 6.92 Å². The van der Waals surface area contributed by atoms with Crippen molar-refractivity contribution in [2.45, 2.75) is 13.3 Å². The van der Waals surface area contributed by atoms with Gasteiger partial charge in [-0.2, -0.15) is 0 Å². The highest BCUT2D eigenvalue weighted by Gasteiger charge is 2.16. The first kappa shape index (κ1) is 12.4. The molecule has 0 aliphatic rings. The van der Waals surface area contributed by atoms with Crippen molar-refractivity contribution >= 4 is 15.9 Å². The molecule has 0 aliphatic carbocycles. The van der Waals surface area contributed by atoms with Crippen molar-refractivity contribution in [3.63, 3.8) is 0 Å². The van der Waals surface area contributed by atoms with Crippen LogP contribution >= 0.6 is 15.9 Å². The lowest BCUT2D eigenvalue weighted by Crippen LogP contribution is -2.13. The summed E-state index contributed by atoms with van der Waals surface area (Å²) in [5.41, 5.74) is 0.990. The van der Waals surface area contributed by atoms with E-state index in [0.29, 0.717) is 0 Å². The SMILES string of the molecule is CNCCc1nc(Br)c(-c2ccc(C)o2)n1C. The molecule has 4 nitrogen and oxygen atoms in total. The van der Waals surface area contributed by atoms with Crippen molar-refractivity contribution < 1.29 is 4.42 Å². The summed E-state index contributed by atoms with van der Waals surface area (Å²) >= 11 is 3.49. The number of imidazole rings is 1. The van der Waals surface area contributed by atoms with Gasteiger partial charge in [0, 0.05) is 20.0 Å². The topological polar surface area (TPSA) is 43.0 Å². The summed E-state index contributed by atoms with van der Waals surface area (Å²) in [6, 6.07) is 3.93. The normalized spacial score (nSPS) is 11.1. The zero-order chi connectivity index (χ0) is 12.4. The average molecular weight is 298 g/mol. The van der Waals surface area contributed by atoms with Crippen LogP contribution in [0.15, 0.2) is 21.2 Å². The predicted octanol–water partition coefficient (Wildman–Crippen LogP) is 2.51. The zero-order valence-electron chi connectivity index (χ0n) is 10.2. The molecule has 0 aliphatic heterocycles. The van der Waals surface area contributed by atoms with Gasteiger partial charge in [-0.15, -0.1) is 0 Å². The number of nitrogens with one attached hydrogen (secondary N) is 1. The summed E-state index contributed by atoms with van der Waals surface area (Å²) in [5.74, 6) is 2.79. The minimum Gasteiger partial charge on any atom is -0.460 e. The van der Waals surface area contributed by atoms with E-state index in [-0.39, 0.29) is 0 Å². The lowest BCUT2D eigenvalue weighted by molar-refractivity contribution is 0.542. The third kappa shape index (κ3) is 2.45. The smallest absolute Gasteiger partial charge is 0.153 e. The Morgan fingerprint density at radius 3 is 2.82 bits per heavy atom. The van der Waals surface area contributed by atoms with Crippen LogP contribution < -0.4 is 5.32 Å². The van der Waals surface area contributed by atoms with Gasteiger partial charge in [0.1, 0.15) is 21.9 Å². The van der Waals surface area contributed by atoms with Gasteiger partial charge in [-0.1, -0.05) is 0 Å². The van der Waals surface area contributed by atoms with Crippen LogP contribution in [0.3, 0.4) is 0 Å². The Kier molecular flexibility index (Phi) is 3.69. The van der Waals surface area contributed by atoms with Crippen LogP contribution in [0.1, 0.15) is 11.6 Å². The molecule has 0 unspecified atom stereocenters. The highest BCUT2D eigenvalue weighted by Crippen LogP contribution is 2.29. The summed E-state index contributed by atoms with van der Waals surface area (Å²) < 4.78 is 8.55. The fraction of sp³-hybridized carbons (Fsp3) is 0.417. The first-order valence-electron chi connectivity index (χ1n) is 5.56. The Bertz CT molecular complexity index is 516. The number of nitrogens with zero attached hydrogens (tertiary/aromatic N) is 2. The number of aromatic nitrogens is 2. The maximum atomic E-state index is 5.64. The number of hydrogen-bond donors (Lipinski definition) is 1. The summed E-state index contributed by atoms with van der Waals surface area (Å²) in [7, 11) is 3.95. The maximum Gasteiger partial charge on any atom is 0.153 e. The average Bonchev–Trinajstić information content (AvgIpc) is 2.81. The molecule has 2 aromatic rings. The second-order valence-corrected chi connectivity index (χ2v) is 4.74. The number of hydrogen-bond acceptors (Lipinski definition) is 3. The van der Waals surface area contributed by atoms with Gasteiger partial charge in [-0.05, 0) is 42.0 Å². The fourth-order valence-electron chi connectivity index (χ4n) is 1.80. The molecule has 0 bridgehead atoms. The van der Waals surface area contributed by atoms with Crippen molar-refractivity contribution in [3.05, 3.63) is 28.3 Å². The van der Waals surface area contributed by atoms with Crippen LogP contribution in [-0.4, -0.2) is 23.1 Å². The molecule has 0 fully saturated rings. The van der Waals surface area contributed by atoms with E-state index >= 15 is 0 Å². The van der Waals surface area contributed by atoms with Gasteiger partial charge < -0.3 is 14.3 Å². The molecule has 0 aromatic carbocycles. The van der Waals surface area contributed by atoms with Crippen LogP contribution in [-0.2, 0) is 13.5 Å². The summed E-state index contributed by atoms with van der Waals surface area (Å²) in [6.45, 7) is 2.85. The number of furan rings is 1. The lowest BCUT2D eigenvalue weighted by atomic mass is 10.3. The molecule has 0 saturated heterocycles. The van der Waals surface area contributed by atoms with Crippen LogP contribution in [0.5, 0.6) is 0 Å². The molecule has 0 spiro atoms. The van der Waals surface area contributed by atoms with E-state index in [4.69, 9.17) is 4.42 Å². The van der Waals surface area contributed by atoms with Crippen molar-refractivity contribution in [3.8, 4) is 11.5 Å². The lowest BCUT2D eigenvalue weighted by Gasteiger charge is -2.03. The molecule has 17 heavy (non-hydrogen) atoms. The molecule has 92 valence electrons. The predicted molar refractivity (Wildman–Crippen MR) is 71.0 cm³/mol. The van der Waals surface area contributed by atoms with Gasteiger partial charge >= 0.3 is 0 Å². The quantitative estimate of drug-likeness (QED) is 0.943.